The fraction of sp³-hybridized carbons (Fsp3) is 0.467. The fourth-order valence-corrected chi connectivity index (χ4v) is 2.33. The summed E-state index contributed by atoms with van der Waals surface area (Å²) in [5.74, 6) is -2.44. The SMILES string of the molecule is COc1ccc(C(NC(=O)C2CCCCO2)C(=O)O)cc1F. The van der Waals surface area contributed by atoms with E-state index >= 15 is 0 Å². The molecule has 1 aromatic carbocycles. The van der Waals surface area contributed by atoms with Crippen LogP contribution in [-0.2, 0) is 14.3 Å². The van der Waals surface area contributed by atoms with Gasteiger partial charge >= 0.3 is 5.97 Å². The number of halogens is 1. The second-order valence-corrected chi connectivity index (χ2v) is 5.03. The standard InChI is InChI=1S/C15H18FNO5/c1-21-11-6-5-9(8-10(11)16)13(15(19)20)17-14(18)12-4-2-3-7-22-12/h5-6,8,12-13H,2-4,7H2,1H3,(H,17,18)(H,19,20). The summed E-state index contributed by atoms with van der Waals surface area (Å²) in [7, 11) is 1.31. The lowest BCUT2D eigenvalue weighted by Gasteiger charge is -2.24. The van der Waals surface area contributed by atoms with E-state index in [1.165, 1.54) is 19.2 Å². The van der Waals surface area contributed by atoms with E-state index < -0.39 is 29.8 Å². The monoisotopic (exact) mass is 311 g/mol. The first-order valence-electron chi connectivity index (χ1n) is 7.01. The summed E-state index contributed by atoms with van der Waals surface area (Å²) in [6.07, 6.45) is 1.64. The average molecular weight is 311 g/mol. The van der Waals surface area contributed by atoms with Crippen LogP contribution >= 0.6 is 0 Å². The molecular formula is C15H18FNO5. The Labute approximate surface area is 127 Å². The number of hydrogen-bond acceptors (Lipinski definition) is 4. The molecule has 0 spiro atoms. The predicted octanol–water partition coefficient (Wildman–Crippen LogP) is 1.65. The molecule has 1 aromatic rings. The van der Waals surface area contributed by atoms with E-state index in [1.807, 2.05) is 0 Å². The van der Waals surface area contributed by atoms with Crippen LogP contribution in [0.2, 0.25) is 0 Å². The van der Waals surface area contributed by atoms with Crippen LogP contribution in [0.3, 0.4) is 0 Å². The number of ether oxygens (including phenoxy) is 2. The van der Waals surface area contributed by atoms with Crippen LogP contribution in [0.25, 0.3) is 0 Å². The molecule has 2 N–H and O–H groups in total. The van der Waals surface area contributed by atoms with Crippen LogP contribution in [0.1, 0.15) is 30.9 Å². The van der Waals surface area contributed by atoms with Gasteiger partial charge < -0.3 is 19.9 Å². The Hall–Kier alpha value is -2.15. The number of carboxylic acids is 1. The maximum absolute atomic E-state index is 13.7. The van der Waals surface area contributed by atoms with Gasteiger partial charge in [0, 0.05) is 6.61 Å². The number of aliphatic carboxylic acids is 1. The van der Waals surface area contributed by atoms with E-state index in [9.17, 15) is 19.1 Å². The van der Waals surface area contributed by atoms with Gasteiger partial charge in [-0.2, -0.15) is 0 Å². The molecule has 1 aliphatic heterocycles. The van der Waals surface area contributed by atoms with Crippen LogP contribution in [0.5, 0.6) is 5.75 Å². The molecule has 0 radical (unpaired) electrons. The minimum absolute atomic E-state index is 0.00910. The largest absolute Gasteiger partial charge is 0.494 e. The van der Waals surface area contributed by atoms with Gasteiger partial charge in [-0.15, -0.1) is 0 Å². The summed E-state index contributed by atoms with van der Waals surface area (Å²) in [5.41, 5.74) is 0.134. The van der Waals surface area contributed by atoms with Gasteiger partial charge in [-0.05, 0) is 37.0 Å². The molecule has 6 nitrogen and oxygen atoms in total. The van der Waals surface area contributed by atoms with Gasteiger partial charge in [-0.3, -0.25) is 4.79 Å². The Balaban J connectivity index is 2.14. The molecule has 0 aliphatic carbocycles. The average Bonchev–Trinajstić information content (AvgIpc) is 2.52. The van der Waals surface area contributed by atoms with Crippen LogP contribution in [0, 0.1) is 5.82 Å². The van der Waals surface area contributed by atoms with E-state index in [0.717, 1.165) is 18.9 Å². The van der Waals surface area contributed by atoms with Crippen molar-refractivity contribution in [3.05, 3.63) is 29.6 Å². The van der Waals surface area contributed by atoms with Crippen LogP contribution in [-0.4, -0.2) is 36.8 Å². The number of hydrogen-bond donors (Lipinski definition) is 2. The van der Waals surface area contributed by atoms with Gasteiger partial charge in [0.25, 0.3) is 0 Å². The summed E-state index contributed by atoms with van der Waals surface area (Å²) < 4.78 is 23.8. The van der Waals surface area contributed by atoms with Gasteiger partial charge in [0.2, 0.25) is 5.91 Å². The van der Waals surface area contributed by atoms with E-state index in [2.05, 4.69) is 5.32 Å². The van der Waals surface area contributed by atoms with Crippen molar-refractivity contribution < 1.29 is 28.6 Å². The van der Waals surface area contributed by atoms with Crippen LogP contribution in [0.4, 0.5) is 4.39 Å². The molecule has 1 heterocycles. The molecule has 0 aromatic heterocycles. The van der Waals surface area contributed by atoms with Crippen molar-refractivity contribution in [1.82, 2.24) is 5.32 Å². The predicted molar refractivity (Wildman–Crippen MR) is 75.1 cm³/mol. The first-order valence-corrected chi connectivity index (χ1v) is 7.01. The maximum Gasteiger partial charge on any atom is 0.330 e. The van der Waals surface area contributed by atoms with Crippen molar-refractivity contribution in [3.63, 3.8) is 0 Å². The molecule has 120 valence electrons. The molecule has 1 amide bonds. The topological polar surface area (TPSA) is 84.9 Å². The van der Waals surface area contributed by atoms with Gasteiger partial charge in [-0.25, -0.2) is 9.18 Å². The molecule has 1 aliphatic rings. The van der Waals surface area contributed by atoms with Crippen molar-refractivity contribution in [1.29, 1.82) is 0 Å². The lowest BCUT2D eigenvalue weighted by atomic mass is 10.0. The zero-order chi connectivity index (χ0) is 16.1. The summed E-state index contributed by atoms with van der Waals surface area (Å²) in [6.45, 7) is 0.479. The van der Waals surface area contributed by atoms with E-state index in [4.69, 9.17) is 9.47 Å². The van der Waals surface area contributed by atoms with Crippen molar-refractivity contribution in [2.45, 2.75) is 31.4 Å². The number of carboxylic acid groups (broad SMARTS) is 1. The van der Waals surface area contributed by atoms with Crippen molar-refractivity contribution in [2.24, 2.45) is 0 Å². The second-order valence-electron chi connectivity index (χ2n) is 5.03. The summed E-state index contributed by atoms with van der Waals surface area (Å²) in [5, 5.41) is 11.7. The third-order valence-electron chi connectivity index (χ3n) is 3.51. The molecule has 0 saturated carbocycles. The fourth-order valence-electron chi connectivity index (χ4n) is 2.33. The maximum atomic E-state index is 13.7. The molecular weight excluding hydrogens is 293 g/mol. The number of carbonyl (C=O) groups is 2. The molecule has 1 saturated heterocycles. The number of amides is 1. The highest BCUT2D eigenvalue weighted by Crippen LogP contribution is 2.23. The van der Waals surface area contributed by atoms with Gasteiger partial charge in [0.1, 0.15) is 6.10 Å². The second kappa shape index (κ2) is 7.22. The van der Waals surface area contributed by atoms with E-state index in [1.54, 1.807) is 0 Å². The minimum atomic E-state index is -1.33. The molecule has 1 fully saturated rings. The molecule has 2 unspecified atom stereocenters. The van der Waals surface area contributed by atoms with Crippen LogP contribution < -0.4 is 10.1 Å². The van der Waals surface area contributed by atoms with Crippen molar-refractivity contribution >= 4 is 11.9 Å². The first-order chi connectivity index (χ1) is 10.5. The van der Waals surface area contributed by atoms with E-state index in [-0.39, 0.29) is 11.3 Å². The molecule has 0 bridgehead atoms. The quantitative estimate of drug-likeness (QED) is 0.863. The molecule has 2 rings (SSSR count). The number of carbonyl (C=O) groups excluding carboxylic acids is 1. The zero-order valence-electron chi connectivity index (χ0n) is 12.2. The third-order valence-corrected chi connectivity index (χ3v) is 3.51. The van der Waals surface area contributed by atoms with Gasteiger partial charge in [-0.1, -0.05) is 6.07 Å². The third kappa shape index (κ3) is 3.73. The molecule has 22 heavy (non-hydrogen) atoms. The molecule has 7 heteroatoms. The van der Waals surface area contributed by atoms with Crippen LogP contribution in [0.15, 0.2) is 18.2 Å². The Morgan fingerprint density at radius 1 is 1.45 bits per heavy atom. The lowest BCUT2D eigenvalue weighted by molar-refractivity contribution is -0.145. The lowest BCUT2D eigenvalue weighted by Crippen LogP contribution is -2.42. The minimum Gasteiger partial charge on any atom is -0.494 e. The Kier molecular flexibility index (Phi) is 5.32. The zero-order valence-corrected chi connectivity index (χ0v) is 12.2. The van der Waals surface area contributed by atoms with Gasteiger partial charge in [0.05, 0.1) is 7.11 Å². The Morgan fingerprint density at radius 2 is 2.23 bits per heavy atom. The Morgan fingerprint density at radius 3 is 2.77 bits per heavy atom. The number of methoxy groups -OCH3 is 1. The molecule has 2 atom stereocenters. The summed E-state index contributed by atoms with van der Waals surface area (Å²) in [6, 6.07) is 2.44. The first kappa shape index (κ1) is 16.2. The number of benzene rings is 1. The van der Waals surface area contributed by atoms with E-state index in [0.29, 0.717) is 13.0 Å². The van der Waals surface area contributed by atoms with Crippen molar-refractivity contribution in [3.8, 4) is 5.75 Å². The van der Waals surface area contributed by atoms with Gasteiger partial charge in [0.15, 0.2) is 17.6 Å². The smallest absolute Gasteiger partial charge is 0.330 e. The number of rotatable bonds is 5. The highest BCUT2D eigenvalue weighted by atomic mass is 19.1. The Bertz CT molecular complexity index is 557. The highest BCUT2D eigenvalue weighted by molar-refractivity contribution is 5.87. The normalized spacial score (nSPS) is 19.3. The highest BCUT2D eigenvalue weighted by Gasteiger charge is 2.28. The van der Waals surface area contributed by atoms with Crippen molar-refractivity contribution in [2.75, 3.05) is 13.7 Å². The summed E-state index contributed by atoms with van der Waals surface area (Å²) >= 11 is 0. The summed E-state index contributed by atoms with van der Waals surface area (Å²) in [4.78, 5) is 23.5. The number of nitrogens with one attached hydrogen (secondary N) is 1.